The second kappa shape index (κ2) is 6.01. The molecule has 0 aliphatic rings. The number of hydrogen-bond donors (Lipinski definition) is 0. The van der Waals surface area contributed by atoms with Gasteiger partial charge in [0, 0.05) is 28.7 Å². The van der Waals surface area contributed by atoms with Crippen molar-refractivity contribution >= 4 is 26.7 Å². The lowest BCUT2D eigenvalue weighted by molar-refractivity contribution is 0.726. The zero-order valence-electron chi connectivity index (χ0n) is 12.6. The van der Waals surface area contributed by atoms with Gasteiger partial charge in [0.25, 0.3) is 5.56 Å². The summed E-state index contributed by atoms with van der Waals surface area (Å²) < 4.78 is 3.58. The largest absolute Gasteiger partial charge is 0.335 e. The minimum atomic E-state index is -0.365. The van der Waals surface area contributed by atoms with Gasteiger partial charge >= 0.3 is 5.69 Å². The lowest BCUT2D eigenvalue weighted by atomic mass is 10.1. The van der Waals surface area contributed by atoms with Gasteiger partial charge in [0.05, 0.1) is 5.69 Å². The van der Waals surface area contributed by atoms with Crippen LogP contribution in [-0.2, 0) is 13.5 Å². The highest BCUT2D eigenvalue weighted by atomic mass is 79.9. The van der Waals surface area contributed by atoms with E-state index in [1.807, 2.05) is 30.3 Å². The molecule has 3 aromatic rings. The highest BCUT2D eigenvalue weighted by Crippen LogP contribution is 2.27. The third-order valence-electron chi connectivity index (χ3n) is 3.77. The minimum absolute atomic E-state index is 0.305. The van der Waals surface area contributed by atoms with Gasteiger partial charge < -0.3 is 4.57 Å². The molecule has 0 unspecified atom stereocenters. The van der Waals surface area contributed by atoms with Crippen molar-refractivity contribution in [2.24, 2.45) is 7.05 Å². The Balaban J connectivity index is 2.45. The number of rotatable bonds is 3. The van der Waals surface area contributed by atoms with Crippen LogP contribution in [0.15, 0.2) is 69.3 Å². The molecule has 0 spiro atoms. The number of halogens is 1. The van der Waals surface area contributed by atoms with Crippen molar-refractivity contribution in [1.82, 2.24) is 9.13 Å². The molecule has 0 atom stereocenters. The normalized spacial score (nSPS) is 10.9. The van der Waals surface area contributed by atoms with E-state index in [1.54, 1.807) is 25.4 Å². The van der Waals surface area contributed by atoms with E-state index in [9.17, 15) is 9.59 Å². The van der Waals surface area contributed by atoms with Crippen molar-refractivity contribution in [3.8, 4) is 5.69 Å². The van der Waals surface area contributed by atoms with Crippen LogP contribution in [0.5, 0.6) is 0 Å². The molecule has 3 rings (SSSR count). The van der Waals surface area contributed by atoms with E-state index >= 15 is 0 Å². The lowest BCUT2D eigenvalue weighted by Crippen LogP contribution is -2.39. The van der Waals surface area contributed by atoms with E-state index in [2.05, 4.69) is 22.5 Å². The molecule has 1 aromatic heterocycles. The lowest BCUT2D eigenvalue weighted by Gasteiger charge is -2.12. The van der Waals surface area contributed by atoms with E-state index in [0.717, 1.165) is 15.2 Å². The Bertz CT molecular complexity index is 1030. The molecule has 1 heterocycles. The summed E-state index contributed by atoms with van der Waals surface area (Å²) in [6, 6.07) is 11.3. The first-order chi connectivity index (χ1) is 11.0. The summed E-state index contributed by atoms with van der Waals surface area (Å²) in [5, 5.41) is 1.80. The van der Waals surface area contributed by atoms with Crippen LogP contribution in [0.4, 0.5) is 0 Å². The van der Waals surface area contributed by atoms with E-state index in [1.165, 1.54) is 9.13 Å². The van der Waals surface area contributed by atoms with Gasteiger partial charge in [-0.1, -0.05) is 46.3 Å². The maximum Gasteiger partial charge on any atom is 0.335 e. The quantitative estimate of drug-likeness (QED) is 0.664. The van der Waals surface area contributed by atoms with Crippen molar-refractivity contribution in [1.29, 1.82) is 0 Å². The molecular formula is C18H15BrN2O2. The van der Waals surface area contributed by atoms with E-state index in [-0.39, 0.29) is 11.2 Å². The standard InChI is InChI=1S/C18H15BrN2O2/c1-3-6-12-11-20(2)18(23)21(17(12)22)16-10-5-7-13-14(16)8-4-9-15(13)19/h3-5,7-11H,1,6H2,2H3. The van der Waals surface area contributed by atoms with Gasteiger partial charge in [0.2, 0.25) is 0 Å². The number of fused-ring (bicyclic) bond motifs is 1. The van der Waals surface area contributed by atoms with E-state index in [0.29, 0.717) is 17.7 Å². The van der Waals surface area contributed by atoms with Crippen molar-refractivity contribution in [3.63, 3.8) is 0 Å². The minimum Gasteiger partial charge on any atom is -0.303 e. The van der Waals surface area contributed by atoms with E-state index in [4.69, 9.17) is 0 Å². The number of aryl methyl sites for hydroxylation is 1. The second-order valence-corrected chi connectivity index (χ2v) is 6.15. The van der Waals surface area contributed by atoms with E-state index < -0.39 is 0 Å². The van der Waals surface area contributed by atoms with Gasteiger partial charge in [-0.25, -0.2) is 9.36 Å². The van der Waals surface area contributed by atoms with Crippen LogP contribution in [-0.4, -0.2) is 9.13 Å². The fourth-order valence-electron chi connectivity index (χ4n) is 2.69. The zero-order valence-corrected chi connectivity index (χ0v) is 14.2. The number of aromatic nitrogens is 2. The summed E-state index contributed by atoms with van der Waals surface area (Å²) in [6.45, 7) is 3.67. The fraction of sp³-hybridized carbons (Fsp3) is 0.111. The van der Waals surface area contributed by atoms with Crippen molar-refractivity contribution in [2.45, 2.75) is 6.42 Å². The predicted molar refractivity (Wildman–Crippen MR) is 96.4 cm³/mol. The second-order valence-electron chi connectivity index (χ2n) is 5.29. The van der Waals surface area contributed by atoms with Gasteiger partial charge in [0.1, 0.15) is 0 Å². The molecule has 0 bridgehead atoms. The Hall–Kier alpha value is -2.40. The molecule has 5 heteroatoms. The van der Waals surface area contributed by atoms with Crippen molar-refractivity contribution < 1.29 is 0 Å². The van der Waals surface area contributed by atoms with Crippen LogP contribution < -0.4 is 11.2 Å². The molecule has 0 fully saturated rings. The molecule has 0 N–H and O–H groups in total. The monoisotopic (exact) mass is 370 g/mol. The topological polar surface area (TPSA) is 44.0 Å². The number of hydrogen-bond acceptors (Lipinski definition) is 2. The molecule has 4 nitrogen and oxygen atoms in total. The average molecular weight is 371 g/mol. The van der Waals surface area contributed by atoms with Crippen LogP contribution in [0.2, 0.25) is 0 Å². The Morgan fingerprint density at radius 3 is 2.57 bits per heavy atom. The summed E-state index contributed by atoms with van der Waals surface area (Å²) in [5.41, 5.74) is 0.449. The zero-order chi connectivity index (χ0) is 16.6. The Morgan fingerprint density at radius 2 is 1.83 bits per heavy atom. The third-order valence-corrected chi connectivity index (χ3v) is 4.46. The van der Waals surface area contributed by atoms with Crippen LogP contribution in [0.25, 0.3) is 16.5 Å². The Morgan fingerprint density at radius 1 is 1.13 bits per heavy atom. The molecule has 0 radical (unpaired) electrons. The van der Waals surface area contributed by atoms with Crippen LogP contribution in [0.1, 0.15) is 5.56 Å². The Labute approximate surface area is 141 Å². The van der Waals surface area contributed by atoms with Gasteiger partial charge in [0.15, 0.2) is 0 Å². The summed E-state index contributed by atoms with van der Waals surface area (Å²) in [6.07, 6.45) is 3.65. The van der Waals surface area contributed by atoms with Gasteiger partial charge in [-0.05, 0) is 23.9 Å². The molecule has 0 amide bonds. The van der Waals surface area contributed by atoms with Crippen LogP contribution >= 0.6 is 15.9 Å². The number of benzene rings is 2. The summed E-state index contributed by atoms with van der Waals surface area (Å²) in [7, 11) is 1.64. The SMILES string of the molecule is C=CCc1cn(C)c(=O)n(-c2cccc3c(Br)cccc23)c1=O. The van der Waals surface area contributed by atoms with Gasteiger partial charge in [-0.2, -0.15) is 0 Å². The molecule has 116 valence electrons. The van der Waals surface area contributed by atoms with Gasteiger partial charge in [-0.3, -0.25) is 4.79 Å². The summed E-state index contributed by atoms with van der Waals surface area (Å²) >= 11 is 3.51. The fourth-order valence-corrected chi connectivity index (χ4v) is 3.19. The molecule has 0 saturated carbocycles. The van der Waals surface area contributed by atoms with Crippen LogP contribution in [0, 0.1) is 0 Å². The van der Waals surface area contributed by atoms with Crippen molar-refractivity contribution in [3.05, 3.63) is 86.1 Å². The summed E-state index contributed by atoms with van der Waals surface area (Å²) in [5.74, 6) is 0. The molecule has 0 aliphatic carbocycles. The first-order valence-corrected chi connectivity index (χ1v) is 7.94. The molecule has 23 heavy (non-hydrogen) atoms. The molecule has 0 aliphatic heterocycles. The predicted octanol–water partition coefficient (Wildman–Crippen LogP) is 3.18. The molecule has 2 aromatic carbocycles. The highest BCUT2D eigenvalue weighted by molar-refractivity contribution is 9.10. The molecular weight excluding hydrogens is 356 g/mol. The maximum absolute atomic E-state index is 12.8. The molecule has 0 saturated heterocycles. The number of nitrogens with zero attached hydrogens (tertiary/aromatic N) is 2. The number of allylic oxidation sites excluding steroid dienone is 1. The highest BCUT2D eigenvalue weighted by Gasteiger charge is 2.13. The van der Waals surface area contributed by atoms with Crippen molar-refractivity contribution in [2.75, 3.05) is 0 Å². The first kappa shape index (κ1) is 15.5. The maximum atomic E-state index is 12.8. The van der Waals surface area contributed by atoms with Crippen LogP contribution in [0.3, 0.4) is 0 Å². The summed E-state index contributed by atoms with van der Waals surface area (Å²) in [4.78, 5) is 25.3. The third kappa shape index (κ3) is 2.57. The Kier molecular flexibility index (Phi) is 4.05. The van der Waals surface area contributed by atoms with Gasteiger partial charge in [-0.15, -0.1) is 6.58 Å². The first-order valence-electron chi connectivity index (χ1n) is 7.14. The smallest absolute Gasteiger partial charge is 0.303 e. The average Bonchev–Trinajstić information content (AvgIpc) is 2.54.